The van der Waals surface area contributed by atoms with E-state index in [9.17, 15) is 14.0 Å². The molecule has 36 heavy (non-hydrogen) atoms. The topological polar surface area (TPSA) is 115 Å². The largest absolute Gasteiger partial charge is 0.354 e. The molecule has 3 heterocycles. The Morgan fingerprint density at radius 3 is 2.42 bits per heavy atom. The fourth-order valence-corrected chi connectivity index (χ4v) is 4.22. The van der Waals surface area contributed by atoms with Crippen molar-refractivity contribution in [2.75, 3.05) is 7.05 Å². The van der Waals surface area contributed by atoms with Crippen LogP contribution in [0.2, 0.25) is 0 Å². The number of aromatic nitrogens is 5. The van der Waals surface area contributed by atoms with Crippen molar-refractivity contribution in [3.05, 3.63) is 89.4 Å². The summed E-state index contributed by atoms with van der Waals surface area (Å²) in [5, 5.41) is 14.2. The van der Waals surface area contributed by atoms with Crippen molar-refractivity contribution < 1.29 is 14.0 Å². The summed E-state index contributed by atoms with van der Waals surface area (Å²) in [6, 6.07) is 14.9. The van der Waals surface area contributed by atoms with E-state index in [2.05, 4.69) is 30.8 Å². The van der Waals surface area contributed by atoms with E-state index in [1.54, 1.807) is 47.2 Å². The van der Waals surface area contributed by atoms with Crippen LogP contribution in [0.15, 0.2) is 60.8 Å². The average molecular weight is 486 g/mol. The highest BCUT2D eigenvalue weighted by molar-refractivity contribution is 5.96. The van der Waals surface area contributed by atoms with E-state index in [0.29, 0.717) is 35.9 Å². The Hall–Kier alpha value is -4.47. The molecule has 0 aliphatic heterocycles. The molecule has 0 radical (unpaired) electrons. The van der Waals surface area contributed by atoms with Crippen LogP contribution in [-0.2, 0) is 0 Å². The van der Waals surface area contributed by atoms with E-state index >= 15 is 0 Å². The van der Waals surface area contributed by atoms with E-state index < -0.39 is 5.82 Å². The van der Waals surface area contributed by atoms with E-state index in [4.69, 9.17) is 0 Å². The number of para-hydroxylation sites is 1. The Kier molecular flexibility index (Phi) is 6.24. The quantitative estimate of drug-likeness (QED) is 0.434. The smallest absolute Gasteiger partial charge is 0.270 e. The third kappa shape index (κ3) is 4.45. The molecule has 2 amide bonds. The van der Waals surface area contributed by atoms with Crippen LogP contribution in [0.4, 0.5) is 4.39 Å². The van der Waals surface area contributed by atoms with Crippen LogP contribution in [0.3, 0.4) is 0 Å². The van der Waals surface area contributed by atoms with E-state index in [1.807, 2.05) is 19.1 Å². The molecule has 2 N–H and O–H groups in total. The molecule has 0 unspecified atom stereocenters. The molecule has 1 fully saturated rings. The van der Waals surface area contributed by atoms with Gasteiger partial charge in [0.05, 0.1) is 5.69 Å². The highest BCUT2D eigenvalue weighted by Gasteiger charge is 2.36. The molecule has 1 aromatic carbocycles. The average Bonchev–Trinajstić information content (AvgIpc) is 3.30. The fourth-order valence-electron chi connectivity index (χ4n) is 4.22. The van der Waals surface area contributed by atoms with Gasteiger partial charge in [-0.1, -0.05) is 24.3 Å². The summed E-state index contributed by atoms with van der Waals surface area (Å²) in [4.78, 5) is 33.1. The molecule has 10 heteroatoms. The van der Waals surface area contributed by atoms with Gasteiger partial charge in [-0.2, -0.15) is 0 Å². The van der Waals surface area contributed by atoms with Crippen LogP contribution < -0.4 is 10.6 Å². The number of hydrogen-bond acceptors (Lipinski definition) is 6. The Morgan fingerprint density at radius 2 is 1.72 bits per heavy atom. The molecule has 5 rings (SSSR count). The van der Waals surface area contributed by atoms with Gasteiger partial charge in [-0.15, -0.1) is 10.2 Å². The van der Waals surface area contributed by atoms with Crippen LogP contribution in [0, 0.1) is 12.7 Å². The minimum absolute atomic E-state index is 0.0354. The van der Waals surface area contributed by atoms with Gasteiger partial charge >= 0.3 is 0 Å². The number of benzene rings is 1. The molecular weight excluding hydrogens is 461 g/mol. The van der Waals surface area contributed by atoms with Gasteiger partial charge in [0.25, 0.3) is 11.8 Å². The second kappa shape index (κ2) is 9.65. The lowest BCUT2D eigenvalue weighted by Crippen LogP contribution is -2.44. The highest BCUT2D eigenvalue weighted by Crippen LogP contribution is 2.38. The number of carbonyl (C=O) groups excluding carboxylic acids is 2. The minimum Gasteiger partial charge on any atom is -0.354 e. The van der Waals surface area contributed by atoms with Gasteiger partial charge in [0.15, 0.2) is 5.82 Å². The molecule has 9 nitrogen and oxygen atoms in total. The Labute approximate surface area is 206 Å². The first-order chi connectivity index (χ1) is 17.4. The van der Waals surface area contributed by atoms with Crippen molar-refractivity contribution >= 4 is 11.8 Å². The Bertz CT molecular complexity index is 1430. The lowest BCUT2D eigenvalue weighted by atomic mass is 9.79. The first-order valence-electron chi connectivity index (χ1n) is 11.6. The number of pyridine rings is 2. The third-order valence-electron chi connectivity index (χ3n) is 6.20. The van der Waals surface area contributed by atoms with Crippen LogP contribution in [0.5, 0.6) is 0 Å². The normalized spacial score (nSPS) is 16.8. The summed E-state index contributed by atoms with van der Waals surface area (Å²) >= 11 is 0. The first-order valence-corrected chi connectivity index (χ1v) is 11.6. The number of halogens is 1. The van der Waals surface area contributed by atoms with Gasteiger partial charge in [0, 0.05) is 25.2 Å². The Morgan fingerprint density at radius 1 is 0.972 bits per heavy atom. The molecule has 0 bridgehead atoms. The van der Waals surface area contributed by atoms with Crippen molar-refractivity contribution in [1.29, 1.82) is 0 Å². The monoisotopic (exact) mass is 485 g/mol. The van der Waals surface area contributed by atoms with Crippen molar-refractivity contribution in [3.63, 3.8) is 0 Å². The molecule has 3 aromatic heterocycles. The molecule has 1 aliphatic rings. The second-order valence-electron chi connectivity index (χ2n) is 8.72. The summed E-state index contributed by atoms with van der Waals surface area (Å²) in [6.07, 6.45) is 2.95. The summed E-state index contributed by atoms with van der Waals surface area (Å²) in [5.41, 5.74) is 2.28. The number of nitrogens with one attached hydrogen (secondary N) is 2. The number of carbonyl (C=O) groups is 2. The van der Waals surface area contributed by atoms with E-state index in [-0.39, 0.29) is 35.2 Å². The minimum atomic E-state index is -0.391. The number of amides is 2. The van der Waals surface area contributed by atoms with Gasteiger partial charge < -0.3 is 10.6 Å². The van der Waals surface area contributed by atoms with Crippen molar-refractivity contribution in [2.45, 2.75) is 31.7 Å². The SMILES string of the molecule is CNC(=O)c1cccc(C(=O)N[C@H]2C[C@H](c3nnc(-c4ccc(C)cn4)n3-c3ccccc3F)C2)n1. The zero-order chi connectivity index (χ0) is 25.2. The van der Waals surface area contributed by atoms with E-state index in [0.717, 1.165) is 5.56 Å². The van der Waals surface area contributed by atoms with Crippen molar-refractivity contribution in [2.24, 2.45) is 0 Å². The molecule has 1 saturated carbocycles. The number of hydrogen-bond donors (Lipinski definition) is 2. The van der Waals surface area contributed by atoms with Gasteiger partial charge in [0.1, 0.15) is 28.7 Å². The van der Waals surface area contributed by atoms with Gasteiger partial charge in [0.2, 0.25) is 0 Å². The van der Waals surface area contributed by atoms with Gasteiger partial charge in [-0.3, -0.25) is 19.1 Å². The maximum absolute atomic E-state index is 14.8. The summed E-state index contributed by atoms with van der Waals surface area (Å²) in [6.45, 7) is 1.94. The standard InChI is InChI=1S/C26H24FN7O2/c1-15-10-11-19(29-14-15)24-33-32-23(34(24)22-9-4-3-6-18(22)27)16-12-17(13-16)30-26(36)21-8-5-7-20(31-21)25(35)28-2/h3-11,14,16-17H,12-13H2,1-2H3,(H,28,35)(H,30,36)/t16-,17-. The second-order valence-corrected chi connectivity index (χ2v) is 8.72. The lowest BCUT2D eigenvalue weighted by Gasteiger charge is -2.35. The van der Waals surface area contributed by atoms with Crippen LogP contribution in [0.25, 0.3) is 17.2 Å². The molecular formula is C26H24FN7O2. The molecule has 1 aliphatic carbocycles. The lowest BCUT2D eigenvalue weighted by molar-refractivity contribution is 0.0901. The maximum Gasteiger partial charge on any atom is 0.270 e. The maximum atomic E-state index is 14.8. The van der Waals surface area contributed by atoms with Gasteiger partial charge in [-0.05, 0) is 55.7 Å². The fraction of sp³-hybridized carbons (Fsp3) is 0.231. The molecule has 0 saturated heterocycles. The van der Waals surface area contributed by atoms with Crippen LogP contribution in [0.1, 0.15) is 51.1 Å². The van der Waals surface area contributed by atoms with Crippen molar-refractivity contribution in [1.82, 2.24) is 35.4 Å². The first kappa shape index (κ1) is 23.3. The zero-order valence-electron chi connectivity index (χ0n) is 19.8. The summed E-state index contributed by atoms with van der Waals surface area (Å²) < 4.78 is 16.6. The third-order valence-corrected chi connectivity index (χ3v) is 6.20. The molecule has 182 valence electrons. The van der Waals surface area contributed by atoms with Crippen LogP contribution in [-0.4, -0.2) is 49.6 Å². The summed E-state index contributed by atoms with van der Waals surface area (Å²) in [7, 11) is 1.51. The summed E-state index contributed by atoms with van der Waals surface area (Å²) in [5.74, 6) is -0.0746. The number of nitrogens with zero attached hydrogens (tertiary/aromatic N) is 5. The number of rotatable bonds is 6. The highest BCUT2D eigenvalue weighted by atomic mass is 19.1. The van der Waals surface area contributed by atoms with Gasteiger partial charge in [-0.25, -0.2) is 9.37 Å². The number of aryl methyl sites for hydroxylation is 1. The molecule has 4 aromatic rings. The molecule has 0 spiro atoms. The Balaban J connectivity index is 1.37. The van der Waals surface area contributed by atoms with Crippen LogP contribution >= 0.6 is 0 Å². The predicted octanol–water partition coefficient (Wildman–Crippen LogP) is 3.21. The van der Waals surface area contributed by atoms with E-state index in [1.165, 1.54) is 13.1 Å². The van der Waals surface area contributed by atoms with Crippen molar-refractivity contribution in [3.8, 4) is 17.2 Å². The zero-order valence-corrected chi connectivity index (χ0v) is 19.8. The molecule has 0 atom stereocenters. The predicted molar refractivity (Wildman–Crippen MR) is 130 cm³/mol.